The van der Waals surface area contributed by atoms with Gasteiger partial charge in [0.05, 0.1) is 13.2 Å². The number of aryl methyl sites for hydroxylation is 2. The average molecular weight is 571 g/mol. The van der Waals surface area contributed by atoms with Gasteiger partial charge in [-0.05, 0) is 88.2 Å². The monoisotopic (exact) mass is 570 g/mol. The van der Waals surface area contributed by atoms with Gasteiger partial charge in [-0.15, -0.1) is 0 Å². The van der Waals surface area contributed by atoms with Crippen LogP contribution in [-0.4, -0.2) is 67.1 Å². The van der Waals surface area contributed by atoms with E-state index < -0.39 is 0 Å². The van der Waals surface area contributed by atoms with Crippen LogP contribution in [0.2, 0.25) is 0 Å². The molecule has 1 saturated carbocycles. The van der Waals surface area contributed by atoms with E-state index in [0.29, 0.717) is 30.0 Å². The van der Waals surface area contributed by atoms with Crippen molar-refractivity contribution in [1.29, 1.82) is 0 Å². The van der Waals surface area contributed by atoms with E-state index in [9.17, 15) is 9.59 Å². The molecule has 2 aliphatic heterocycles. The topological polar surface area (TPSA) is 68.3 Å². The second kappa shape index (κ2) is 10.6. The van der Waals surface area contributed by atoms with E-state index in [1.807, 2.05) is 23.1 Å². The highest BCUT2D eigenvalue weighted by molar-refractivity contribution is 5.94. The quantitative estimate of drug-likeness (QED) is 0.292. The van der Waals surface area contributed by atoms with Gasteiger partial charge < -0.3 is 24.0 Å². The highest BCUT2D eigenvalue weighted by atomic mass is 16.5. The Labute approximate surface area is 249 Å². The van der Waals surface area contributed by atoms with Gasteiger partial charge in [0, 0.05) is 53.6 Å². The molecule has 222 valence electrons. The largest absolute Gasteiger partial charge is 0.493 e. The molecule has 2 aliphatic carbocycles. The van der Waals surface area contributed by atoms with Crippen LogP contribution in [0, 0.1) is 37.5 Å². The van der Waals surface area contributed by atoms with Crippen LogP contribution in [0.5, 0.6) is 17.2 Å². The van der Waals surface area contributed by atoms with Crippen molar-refractivity contribution in [1.82, 2.24) is 9.80 Å². The number of rotatable bonds is 5. The van der Waals surface area contributed by atoms with Crippen molar-refractivity contribution in [2.75, 3.05) is 27.2 Å². The summed E-state index contributed by atoms with van der Waals surface area (Å²) in [7, 11) is 3.83. The number of esters is 1. The number of carbonyl (C=O) groups is 2. The van der Waals surface area contributed by atoms with Crippen molar-refractivity contribution in [3.8, 4) is 29.1 Å². The molecule has 4 aliphatic rings. The van der Waals surface area contributed by atoms with Crippen molar-refractivity contribution in [3.05, 3.63) is 52.1 Å². The maximum atomic E-state index is 14.0. The van der Waals surface area contributed by atoms with Crippen molar-refractivity contribution in [2.24, 2.45) is 11.8 Å². The Hall–Kier alpha value is -3.50. The number of amides is 1. The Kier molecular flexibility index (Phi) is 7.25. The van der Waals surface area contributed by atoms with Gasteiger partial charge >= 0.3 is 5.97 Å². The highest BCUT2D eigenvalue weighted by Crippen LogP contribution is 2.65. The number of hydrogen-bond donors (Lipinski definition) is 0. The van der Waals surface area contributed by atoms with Gasteiger partial charge in [0.15, 0.2) is 11.5 Å². The predicted molar refractivity (Wildman–Crippen MR) is 161 cm³/mol. The molecular formula is C35H42N2O5. The number of methoxy groups -OCH3 is 1. The summed E-state index contributed by atoms with van der Waals surface area (Å²) >= 11 is 0. The highest BCUT2D eigenvalue weighted by Gasteiger charge is 2.67. The fourth-order valence-electron chi connectivity index (χ4n) is 8.24. The second-order valence-corrected chi connectivity index (χ2v) is 13.1. The van der Waals surface area contributed by atoms with E-state index in [1.54, 1.807) is 13.2 Å². The second-order valence-electron chi connectivity index (χ2n) is 13.1. The van der Waals surface area contributed by atoms with Crippen LogP contribution in [0.3, 0.4) is 0 Å². The number of likely N-dealkylation sites (N-methyl/N-ethyl adjacent to an activating group) is 1. The molecule has 2 fully saturated rings. The summed E-state index contributed by atoms with van der Waals surface area (Å²) in [5.74, 6) is 8.18. The molecule has 1 amide bonds. The minimum absolute atomic E-state index is 0.130. The van der Waals surface area contributed by atoms with Crippen LogP contribution < -0.4 is 14.2 Å². The lowest BCUT2D eigenvalue weighted by atomic mass is 9.51. The van der Waals surface area contributed by atoms with Crippen LogP contribution in [0.25, 0.3) is 0 Å². The first kappa shape index (κ1) is 28.6. The van der Waals surface area contributed by atoms with E-state index in [2.05, 4.69) is 51.5 Å². The van der Waals surface area contributed by atoms with Gasteiger partial charge in [0.1, 0.15) is 11.9 Å². The summed E-state index contributed by atoms with van der Waals surface area (Å²) in [4.78, 5) is 30.5. The molecule has 0 N–H and O–H groups in total. The third-order valence-corrected chi connectivity index (χ3v) is 10.2. The van der Waals surface area contributed by atoms with E-state index in [0.717, 1.165) is 60.2 Å². The van der Waals surface area contributed by atoms with Crippen molar-refractivity contribution < 1.29 is 23.8 Å². The zero-order valence-corrected chi connectivity index (χ0v) is 25.9. The van der Waals surface area contributed by atoms with Crippen LogP contribution in [0.4, 0.5) is 0 Å². The fraction of sp³-hybridized carbons (Fsp3) is 0.543. The molecule has 7 nitrogen and oxygen atoms in total. The molecule has 6 rings (SSSR count). The third kappa shape index (κ3) is 4.46. The van der Waals surface area contributed by atoms with Crippen LogP contribution in [0.15, 0.2) is 24.3 Å². The predicted octanol–water partition coefficient (Wildman–Crippen LogP) is 4.81. The molecular weight excluding hydrogens is 528 g/mol. The molecule has 2 heterocycles. The first-order chi connectivity index (χ1) is 20.0. The van der Waals surface area contributed by atoms with Crippen LogP contribution >= 0.6 is 0 Å². The molecule has 0 aromatic heterocycles. The molecule has 7 heteroatoms. The third-order valence-electron chi connectivity index (χ3n) is 10.2. The molecule has 5 atom stereocenters. The summed E-state index contributed by atoms with van der Waals surface area (Å²) in [5, 5.41) is 0. The summed E-state index contributed by atoms with van der Waals surface area (Å²) in [5.41, 5.74) is 5.12. The smallest absolute Gasteiger partial charge is 0.308 e. The summed E-state index contributed by atoms with van der Waals surface area (Å²) < 4.78 is 18.6. The Morgan fingerprint density at radius 3 is 2.64 bits per heavy atom. The van der Waals surface area contributed by atoms with Gasteiger partial charge in [-0.3, -0.25) is 9.59 Å². The Bertz CT molecular complexity index is 1500. The minimum atomic E-state index is -0.348. The van der Waals surface area contributed by atoms with Gasteiger partial charge in [-0.25, -0.2) is 0 Å². The molecule has 2 aromatic rings. The van der Waals surface area contributed by atoms with Crippen molar-refractivity contribution in [2.45, 2.75) is 83.9 Å². The Morgan fingerprint density at radius 2 is 1.95 bits per heavy atom. The van der Waals surface area contributed by atoms with Gasteiger partial charge in [0.2, 0.25) is 0 Å². The fourth-order valence-corrected chi connectivity index (χ4v) is 8.24. The lowest BCUT2D eigenvalue weighted by molar-refractivity contribution is -0.137. The molecule has 0 unspecified atom stereocenters. The van der Waals surface area contributed by atoms with E-state index in [-0.39, 0.29) is 35.4 Å². The first-order valence-electron chi connectivity index (χ1n) is 15.2. The maximum Gasteiger partial charge on any atom is 0.308 e. The number of likely N-dealkylation sites (tertiary alicyclic amines) is 1. The number of piperidine rings is 1. The molecule has 1 spiro atoms. The first-order valence-corrected chi connectivity index (χ1v) is 15.2. The normalized spacial score (nSPS) is 27.0. The molecule has 1 saturated heterocycles. The zero-order valence-electron chi connectivity index (χ0n) is 25.9. The SMILES string of the molecule is COc1cc(OC(C)=O)c2c3c1O[C@H]1[C@H](N(CC(C)C)C(=O)C#Cc4ccc(C)c(C)c4)CC[C@H]4[C@@H](C2)N(C)CC[C@@]341. The lowest BCUT2D eigenvalue weighted by Crippen LogP contribution is -2.68. The number of benzene rings is 2. The lowest BCUT2D eigenvalue weighted by Gasteiger charge is -2.60. The van der Waals surface area contributed by atoms with Gasteiger partial charge in [-0.2, -0.15) is 0 Å². The van der Waals surface area contributed by atoms with E-state index in [1.165, 1.54) is 12.5 Å². The zero-order chi connectivity index (χ0) is 29.9. The van der Waals surface area contributed by atoms with Gasteiger partial charge in [-0.1, -0.05) is 25.8 Å². The average Bonchev–Trinajstić information content (AvgIpc) is 3.29. The summed E-state index contributed by atoms with van der Waals surface area (Å²) in [6.45, 7) is 11.4. The van der Waals surface area contributed by atoms with E-state index in [4.69, 9.17) is 14.2 Å². The van der Waals surface area contributed by atoms with Crippen LogP contribution in [-0.2, 0) is 21.4 Å². The van der Waals surface area contributed by atoms with Gasteiger partial charge in [0.25, 0.3) is 5.91 Å². The van der Waals surface area contributed by atoms with Crippen molar-refractivity contribution in [3.63, 3.8) is 0 Å². The summed E-state index contributed by atoms with van der Waals surface area (Å²) in [6.07, 6.45) is 3.33. The standard InChI is InChI=1S/C35H42N2O5/c1-20(2)19-37(31(39)13-10-24-9-8-21(3)22(4)16-24)27-12-11-26-28-17-25-29(41-23(5)38)18-30(40-7)33-32(25)35(26,34(27)42-33)14-15-36(28)6/h8-9,16,18,20,26-28,34H,11-12,14-15,17,19H2,1-7H3/t26-,27+,28+,34-,35-/m0/s1. The summed E-state index contributed by atoms with van der Waals surface area (Å²) in [6, 6.07) is 8.05. The molecule has 42 heavy (non-hydrogen) atoms. The Balaban J connectivity index is 1.44. The van der Waals surface area contributed by atoms with E-state index >= 15 is 0 Å². The Morgan fingerprint density at radius 1 is 1.17 bits per heavy atom. The molecule has 0 radical (unpaired) electrons. The number of nitrogens with zero attached hydrogens (tertiary/aromatic N) is 2. The minimum Gasteiger partial charge on any atom is -0.493 e. The molecule has 2 aromatic carbocycles. The van der Waals surface area contributed by atoms with Crippen molar-refractivity contribution >= 4 is 11.9 Å². The number of hydrogen-bond acceptors (Lipinski definition) is 6. The number of carbonyl (C=O) groups excluding carboxylic acids is 2. The number of ether oxygens (including phenoxy) is 3. The van der Waals surface area contributed by atoms with Crippen LogP contribution in [0.1, 0.15) is 67.9 Å². The molecule has 2 bridgehead atoms. The maximum absolute atomic E-state index is 14.0.